The summed E-state index contributed by atoms with van der Waals surface area (Å²) in [5.41, 5.74) is -1.87. The van der Waals surface area contributed by atoms with Crippen molar-refractivity contribution in [3.05, 3.63) is 70.8 Å². The summed E-state index contributed by atoms with van der Waals surface area (Å²) in [6.45, 7) is 0. The molecule has 20 heavy (non-hydrogen) atoms. The Hall–Kier alpha value is -2.61. The van der Waals surface area contributed by atoms with E-state index >= 15 is 0 Å². The summed E-state index contributed by atoms with van der Waals surface area (Å²) >= 11 is 0. The number of halogens is 3. The van der Waals surface area contributed by atoms with Gasteiger partial charge in [-0.1, -0.05) is 36.4 Å². The number of hydrogen-bond acceptors (Lipinski definition) is 2. The van der Waals surface area contributed by atoms with Gasteiger partial charge in [0.1, 0.15) is 0 Å². The zero-order valence-electron chi connectivity index (χ0n) is 10.1. The van der Waals surface area contributed by atoms with E-state index in [1.54, 1.807) is 24.3 Å². The number of nitrogens with zero attached hydrogens (tertiary/aromatic N) is 1. The molecule has 0 N–H and O–H groups in total. The summed E-state index contributed by atoms with van der Waals surface area (Å²) in [6.07, 6.45) is -4.69. The van der Waals surface area contributed by atoms with Crippen LogP contribution < -0.4 is 0 Å². The van der Waals surface area contributed by atoms with Crippen LogP contribution in [0.2, 0.25) is 0 Å². The van der Waals surface area contributed by atoms with Gasteiger partial charge in [0.05, 0.1) is 22.8 Å². The largest absolute Gasteiger partial charge is 0.417 e. The Bertz CT molecular complexity index is 685. The molecule has 0 aliphatic heterocycles. The highest BCUT2D eigenvalue weighted by atomic mass is 19.4. The van der Waals surface area contributed by atoms with Crippen molar-refractivity contribution < 1.29 is 18.0 Å². The molecule has 0 saturated heterocycles. The molecule has 2 aromatic carbocycles. The van der Waals surface area contributed by atoms with Gasteiger partial charge in [-0.25, -0.2) is 0 Å². The van der Waals surface area contributed by atoms with Crippen molar-refractivity contribution in [1.82, 2.24) is 0 Å². The van der Waals surface area contributed by atoms with Crippen molar-refractivity contribution in [1.29, 1.82) is 5.26 Å². The summed E-state index contributed by atoms with van der Waals surface area (Å²) in [6, 6.07) is 12.3. The van der Waals surface area contributed by atoms with Gasteiger partial charge < -0.3 is 0 Å². The molecule has 0 amide bonds. The molecule has 0 bridgehead atoms. The number of rotatable bonds is 2. The standard InChI is InChI=1S/C15H8F3NO/c16-15(17,18)12-8-4-7-11(9-19)13(12)14(20)10-5-2-1-3-6-10/h1-8H. The Morgan fingerprint density at radius 2 is 1.65 bits per heavy atom. The Morgan fingerprint density at radius 3 is 2.20 bits per heavy atom. The molecule has 0 saturated carbocycles. The Balaban J connectivity index is 2.67. The molecular formula is C15H8F3NO. The van der Waals surface area contributed by atoms with Gasteiger partial charge in [-0.05, 0) is 12.1 Å². The lowest BCUT2D eigenvalue weighted by Gasteiger charge is -2.13. The maximum Gasteiger partial charge on any atom is 0.417 e. The zero-order valence-corrected chi connectivity index (χ0v) is 10.1. The Labute approximate surface area is 113 Å². The summed E-state index contributed by atoms with van der Waals surface area (Å²) in [5.74, 6) is -0.810. The van der Waals surface area contributed by atoms with E-state index in [-0.39, 0.29) is 11.1 Å². The van der Waals surface area contributed by atoms with E-state index in [9.17, 15) is 18.0 Å². The molecule has 0 heterocycles. The molecule has 5 heteroatoms. The van der Waals surface area contributed by atoms with E-state index in [1.807, 2.05) is 0 Å². The van der Waals surface area contributed by atoms with Gasteiger partial charge in [-0.3, -0.25) is 4.79 Å². The first kappa shape index (κ1) is 13.8. The molecule has 0 aliphatic rings. The minimum atomic E-state index is -4.69. The van der Waals surface area contributed by atoms with Gasteiger partial charge in [-0.2, -0.15) is 18.4 Å². The second-order valence-corrected chi connectivity index (χ2v) is 4.03. The average molecular weight is 275 g/mol. The van der Waals surface area contributed by atoms with Crippen molar-refractivity contribution in [3.8, 4) is 6.07 Å². The highest BCUT2D eigenvalue weighted by Crippen LogP contribution is 2.34. The molecule has 2 aromatic rings. The molecule has 0 fully saturated rings. The topological polar surface area (TPSA) is 40.9 Å². The van der Waals surface area contributed by atoms with Gasteiger partial charge in [0.2, 0.25) is 0 Å². The van der Waals surface area contributed by atoms with E-state index in [0.717, 1.165) is 12.1 Å². The van der Waals surface area contributed by atoms with Crippen LogP contribution in [0.1, 0.15) is 27.0 Å². The number of carbonyl (C=O) groups is 1. The highest BCUT2D eigenvalue weighted by molar-refractivity contribution is 6.11. The summed E-state index contributed by atoms with van der Waals surface area (Å²) in [5, 5.41) is 8.93. The molecule has 0 unspecified atom stereocenters. The number of nitriles is 1. The van der Waals surface area contributed by atoms with Crippen molar-refractivity contribution in [2.75, 3.05) is 0 Å². The highest BCUT2D eigenvalue weighted by Gasteiger charge is 2.36. The summed E-state index contributed by atoms with van der Waals surface area (Å²) < 4.78 is 38.9. The fraction of sp³-hybridized carbons (Fsp3) is 0.0667. The van der Waals surface area contributed by atoms with Crippen LogP contribution in [0.3, 0.4) is 0 Å². The third-order valence-electron chi connectivity index (χ3n) is 2.75. The number of carbonyl (C=O) groups excluding carboxylic acids is 1. The fourth-order valence-electron chi connectivity index (χ4n) is 1.86. The number of hydrogen-bond donors (Lipinski definition) is 0. The molecule has 0 aromatic heterocycles. The maximum absolute atomic E-state index is 13.0. The van der Waals surface area contributed by atoms with Crippen LogP contribution >= 0.6 is 0 Å². The fourth-order valence-corrected chi connectivity index (χ4v) is 1.86. The van der Waals surface area contributed by atoms with Gasteiger partial charge in [0, 0.05) is 5.56 Å². The second kappa shape index (κ2) is 5.17. The predicted molar refractivity (Wildman–Crippen MR) is 66.0 cm³/mol. The van der Waals surface area contributed by atoms with Crippen molar-refractivity contribution >= 4 is 5.78 Å². The maximum atomic E-state index is 13.0. The van der Waals surface area contributed by atoms with Crippen molar-refractivity contribution in [2.24, 2.45) is 0 Å². The molecule has 0 radical (unpaired) electrons. The first-order chi connectivity index (χ1) is 9.45. The Kier molecular flexibility index (Phi) is 3.57. The van der Waals surface area contributed by atoms with E-state index in [2.05, 4.69) is 0 Å². The smallest absolute Gasteiger partial charge is 0.289 e. The predicted octanol–water partition coefficient (Wildman–Crippen LogP) is 3.81. The van der Waals surface area contributed by atoms with E-state index in [4.69, 9.17) is 5.26 Å². The third-order valence-corrected chi connectivity index (χ3v) is 2.75. The average Bonchev–Trinajstić information content (AvgIpc) is 2.45. The number of alkyl halides is 3. The summed E-state index contributed by atoms with van der Waals surface area (Å²) in [7, 11) is 0. The van der Waals surface area contributed by atoms with Gasteiger partial charge >= 0.3 is 6.18 Å². The van der Waals surface area contributed by atoms with Crippen LogP contribution in [0.15, 0.2) is 48.5 Å². The van der Waals surface area contributed by atoms with Crippen LogP contribution in [-0.2, 0) is 6.18 Å². The van der Waals surface area contributed by atoms with Crippen LogP contribution in [0, 0.1) is 11.3 Å². The lowest BCUT2D eigenvalue weighted by molar-refractivity contribution is -0.137. The summed E-state index contributed by atoms with van der Waals surface area (Å²) in [4.78, 5) is 12.2. The molecule has 100 valence electrons. The zero-order chi connectivity index (χ0) is 14.8. The first-order valence-electron chi connectivity index (χ1n) is 5.65. The van der Waals surface area contributed by atoms with Gasteiger partial charge in [0.25, 0.3) is 0 Å². The molecule has 2 nitrogen and oxygen atoms in total. The minimum Gasteiger partial charge on any atom is -0.289 e. The monoisotopic (exact) mass is 275 g/mol. The minimum absolute atomic E-state index is 0.112. The SMILES string of the molecule is N#Cc1cccc(C(F)(F)F)c1C(=O)c1ccccc1. The van der Waals surface area contributed by atoms with E-state index < -0.39 is 23.1 Å². The van der Waals surface area contributed by atoms with Crippen molar-refractivity contribution in [2.45, 2.75) is 6.18 Å². The Morgan fingerprint density at radius 1 is 1.00 bits per heavy atom. The number of ketones is 1. The van der Waals surface area contributed by atoms with Gasteiger partial charge in [-0.15, -0.1) is 0 Å². The first-order valence-corrected chi connectivity index (χ1v) is 5.65. The van der Waals surface area contributed by atoms with Gasteiger partial charge in [0.15, 0.2) is 5.78 Å². The quantitative estimate of drug-likeness (QED) is 0.782. The third kappa shape index (κ3) is 2.54. The molecular weight excluding hydrogens is 267 g/mol. The van der Waals surface area contributed by atoms with Crippen molar-refractivity contribution in [3.63, 3.8) is 0 Å². The van der Waals surface area contributed by atoms with Crippen LogP contribution in [0.5, 0.6) is 0 Å². The molecule has 0 atom stereocenters. The number of benzene rings is 2. The molecule has 0 aliphatic carbocycles. The van der Waals surface area contributed by atoms with E-state index in [0.29, 0.717) is 0 Å². The molecule has 2 rings (SSSR count). The van der Waals surface area contributed by atoms with Crippen LogP contribution in [-0.4, -0.2) is 5.78 Å². The second-order valence-electron chi connectivity index (χ2n) is 4.03. The lowest BCUT2D eigenvalue weighted by Crippen LogP contribution is -2.15. The molecule has 0 spiro atoms. The van der Waals surface area contributed by atoms with E-state index in [1.165, 1.54) is 18.2 Å². The van der Waals surface area contributed by atoms with Crippen LogP contribution in [0.25, 0.3) is 0 Å². The van der Waals surface area contributed by atoms with Crippen LogP contribution in [0.4, 0.5) is 13.2 Å². The normalized spacial score (nSPS) is 10.9. The lowest BCUT2D eigenvalue weighted by atomic mass is 9.94.